The molecular weight excluding hydrogens is 256 g/mol. The van der Waals surface area contributed by atoms with Gasteiger partial charge in [0.1, 0.15) is 6.10 Å². The molecule has 0 radical (unpaired) electrons. The van der Waals surface area contributed by atoms with Crippen LogP contribution in [0.4, 0.5) is 0 Å². The van der Waals surface area contributed by atoms with Crippen molar-refractivity contribution in [3.8, 4) is 0 Å². The van der Waals surface area contributed by atoms with Crippen molar-refractivity contribution in [3.63, 3.8) is 0 Å². The van der Waals surface area contributed by atoms with E-state index in [2.05, 4.69) is 9.97 Å². The van der Waals surface area contributed by atoms with E-state index in [-0.39, 0.29) is 0 Å². The Bertz CT molecular complexity index is 507. The molecule has 5 heteroatoms. The van der Waals surface area contributed by atoms with Gasteiger partial charge < -0.3 is 5.11 Å². The molecule has 2 aromatic heterocycles. The normalized spacial score (nSPS) is 12.7. The number of aryl methyl sites for hydroxylation is 2. The van der Waals surface area contributed by atoms with Crippen LogP contribution in [0.3, 0.4) is 0 Å². The first kappa shape index (κ1) is 12.5. The van der Waals surface area contributed by atoms with Crippen LogP contribution < -0.4 is 0 Å². The summed E-state index contributed by atoms with van der Waals surface area (Å²) in [5.41, 5.74) is 1.53. The summed E-state index contributed by atoms with van der Waals surface area (Å²) in [4.78, 5) is 9.67. The van der Waals surface area contributed by atoms with E-state index < -0.39 is 6.10 Å². The average molecular weight is 269 g/mol. The lowest BCUT2D eigenvalue weighted by molar-refractivity contribution is 0.173. The summed E-state index contributed by atoms with van der Waals surface area (Å²) >= 11 is 7.58. The van der Waals surface area contributed by atoms with Crippen molar-refractivity contribution in [2.45, 2.75) is 26.4 Å². The zero-order chi connectivity index (χ0) is 12.4. The lowest BCUT2D eigenvalue weighted by Gasteiger charge is -2.09. The van der Waals surface area contributed by atoms with Crippen LogP contribution in [0.1, 0.15) is 27.4 Å². The highest BCUT2D eigenvalue weighted by Crippen LogP contribution is 2.26. The van der Waals surface area contributed by atoms with E-state index in [0.29, 0.717) is 17.1 Å². The molecule has 0 saturated heterocycles. The van der Waals surface area contributed by atoms with E-state index in [1.54, 1.807) is 29.7 Å². The molecule has 0 saturated carbocycles. The van der Waals surface area contributed by atoms with Crippen molar-refractivity contribution in [2.75, 3.05) is 0 Å². The van der Waals surface area contributed by atoms with Crippen molar-refractivity contribution in [2.24, 2.45) is 0 Å². The summed E-state index contributed by atoms with van der Waals surface area (Å²) in [6.45, 7) is 3.99. The van der Waals surface area contributed by atoms with Gasteiger partial charge in [0.2, 0.25) is 0 Å². The highest BCUT2D eigenvalue weighted by Gasteiger charge is 2.16. The molecule has 1 unspecified atom stereocenters. The summed E-state index contributed by atoms with van der Waals surface area (Å²) in [6, 6.07) is 3.47. The van der Waals surface area contributed by atoms with Crippen molar-refractivity contribution in [1.29, 1.82) is 0 Å². The zero-order valence-electron chi connectivity index (χ0n) is 9.64. The predicted octanol–water partition coefficient (Wildman–Crippen LogP) is 3.08. The van der Waals surface area contributed by atoms with Crippen LogP contribution in [0.5, 0.6) is 0 Å². The molecule has 3 nitrogen and oxygen atoms in total. The van der Waals surface area contributed by atoms with Crippen LogP contribution in [0.15, 0.2) is 18.3 Å². The van der Waals surface area contributed by atoms with Gasteiger partial charge in [0, 0.05) is 17.5 Å². The van der Waals surface area contributed by atoms with Gasteiger partial charge in [0.05, 0.1) is 21.4 Å². The van der Waals surface area contributed by atoms with Gasteiger partial charge in [-0.2, -0.15) is 0 Å². The Balaban J connectivity index is 2.17. The summed E-state index contributed by atoms with van der Waals surface area (Å²) in [5.74, 6) is 0. The molecule has 1 atom stereocenters. The Morgan fingerprint density at radius 1 is 1.47 bits per heavy atom. The van der Waals surface area contributed by atoms with E-state index in [1.165, 1.54) is 4.88 Å². The summed E-state index contributed by atoms with van der Waals surface area (Å²) in [7, 11) is 0. The molecule has 1 N–H and O–H groups in total. The number of hydrogen-bond acceptors (Lipinski definition) is 4. The minimum absolute atomic E-state index is 0.454. The maximum Gasteiger partial charge on any atom is 0.104 e. The highest BCUT2D eigenvalue weighted by molar-refractivity contribution is 7.11. The van der Waals surface area contributed by atoms with E-state index in [9.17, 15) is 5.11 Å². The third kappa shape index (κ3) is 2.83. The largest absolute Gasteiger partial charge is 0.386 e. The number of aliphatic hydroxyl groups excluding tert-OH is 1. The molecular formula is C12H13ClN2OS. The predicted molar refractivity (Wildman–Crippen MR) is 69.5 cm³/mol. The first-order valence-corrected chi connectivity index (χ1v) is 6.48. The smallest absolute Gasteiger partial charge is 0.104 e. The van der Waals surface area contributed by atoms with Crippen molar-refractivity contribution in [1.82, 2.24) is 9.97 Å². The van der Waals surface area contributed by atoms with Crippen LogP contribution >= 0.6 is 22.9 Å². The second-order valence-electron chi connectivity index (χ2n) is 3.84. The first-order chi connectivity index (χ1) is 8.08. The molecule has 0 aromatic carbocycles. The zero-order valence-corrected chi connectivity index (χ0v) is 11.2. The molecule has 17 heavy (non-hydrogen) atoms. The number of aliphatic hydroxyl groups is 1. The van der Waals surface area contributed by atoms with Gasteiger partial charge in [-0.15, -0.1) is 11.3 Å². The summed E-state index contributed by atoms with van der Waals surface area (Å²) in [5, 5.41) is 11.5. The molecule has 90 valence electrons. The molecule has 0 amide bonds. The Hall–Kier alpha value is -0.970. The van der Waals surface area contributed by atoms with Crippen molar-refractivity contribution < 1.29 is 5.11 Å². The summed E-state index contributed by atoms with van der Waals surface area (Å²) < 4.78 is 0. The van der Waals surface area contributed by atoms with Crippen LogP contribution in [-0.2, 0) is 6.42 Å². The van der Waals surface area contributed by atoms with Gasteiger partial charge in [-0.05, 0) is 26.0 Å². The van der Waals surface area contributed by atoms with Crippen molar-refractivity contribution in [3.05, 3.63) is 44.6 Å². The van der Waals surface area contributed by atoms with E-state index in [0.717, 1.165) is 10.7 Å². The lowest BCUT2D eigenvalue weighted by Crippen LogP contribution is -2.04. The fraction of sp³-hybridized carbons (Fsp3) is 0.333. The second kappa shape index (κ2) is 5.12. The van der Waals surface area contributed by atoms with Gasteiger partial charge in [-0.1, -0.05) is 11.6 Å². The summed E-state index contributed by atoms with van der Waals surface area (Å²) in [6.07, 6.45) is 1.38. The maximum absolute atomic E-state index is 10.1. The van der Waals surface area contributed by atoms with E-state index >= 15 is 0 Å². The Morgan fingerprint density at radius 2 is 2.24 bits per heavy atom. The molecule has 0 aliphatic carbocycles. The standard InChI is InChI=1S/C12H13ClN2OS/c1-7-8(2)17-11(15-7)6-10(16)12-9(13)4-3-5-14-12/h3-5,10,16H,6H2,1-2H3. The van der Waals surface area contributed by atoms with E-state index in [1.807, 2.05) is 13.8 Å². The number of aromatic nitrogens is 2. The third-order valence-electron chi connectivity index (χ3n) is 2.54. The quantitative estimate of drug-likeness (QED) is 0.931. The van der Waals surface area contributed by atoms with Crippen molar-refractivity contribution >= 4 is 22.9 Å². The topological polar surface area (TPSA) is 46.0 Å². The minimum atomic E-state index is -0.700. The number of halogens is 1. The van der Waals surface area contributed by atoms with Gasteiger partial charge in [0.25, 0.3) is 0 Å². The molecule has 2 rings (SSSR count). The third-order valence-corrected chi connectivity index (χ3v) is 3.96. The molecule has 0 bridgehead atoms. The van der Waals surface area contributed by atoms with Crippen LogP contribution in [-0.4, -0.2) is 15.1 Å². The van der Waals surface area contributed by atoms with Gasteiger partial charge in [-0.25, -0.2) is 4.98 Å². The average Bonchev–Trinajstić information content (AvgIpc) is 2.58. The Kier molecular flexibility index (Phi) is 3.76. The van der Waals surface area contributed by atoms with Gasteiger partial charge in [0.15, 0.2) is 0 Å². The molecule has 0 aliphatic rings. The fourth-order valence-corrected chi connectivity index (χ4v) is 2.75. The maximum atomic E-state index is 10.1. The molecule has 2 heterocycles. The molecule has 2 aromatic rings. The van der Waals surface area contributed by atoms with Crippen LogP contribution in [0, 0.1) is 13.8 Å². The highest BCUT2D eigenvalue weighted by atomic mass is 35.5. The minimum Gasteiger partial charge on any atom is -0.386 e. The first-order valence-electron chi connectivity index (χ1n) is 5.29. The monoisotopic (exact) mass is 268 g/mol. The van der Waals surface area contributed by atoms with Gasteiger partial charge in [-0.3, -0.25) is 4.98 Å². The van der Waals surface area contributed by atoms with Crippen LogP contribution in [0.2, 0.25) is 5.02 Å². The number of pyridine rings is 1. The number of thiazole rings is 1. The molecule has 0 fully saturated rings. The van der Waals surface area contributed by atoms with Crippen LogP contribution in [0.25, 0.3) is 0 Å². The molecule has 0 aliphatic heterocycles. The Labute approximate surface area is 109 Å². The lowest BCUT2D eigenvalue weighted by atomic mass is 10.2. The molecule has 0 spiro atoms. The number of rotatable bonds is 3. The fourth-order valence-electron chi connectivity index (χ4n) is 1.53. The number of nitrogens with zero attached hydrogens (tertiary/aromatic N) is 2. The van der Waals surface area contributed by atoms with E-state index in [4.69, 9.17) is 11.6 Å². The van der Waals surface area contributed by atoms with Gasteiger partial charge >= 0.3 is 0 Å². The SMILES string of the molecule is Cc1nc(CC(O)c2ncccc2Cl)sc1C. The Morgan fingerprint density at radius 3 is 2.82 bits per heavy atom. The number of hydrogen-bond donors (Lipinski definition) is 1. The second-order valence-corrected chi connectivity index (χ2v) is 5.53.